The molecule has 0 saturated carbocycles. The van der Waals surface area contributed by atoms with Gasteiger partial charge in [0.2, 0.25) is 10.0 Å². The zero-order valence-electron chi connectivity index (χ0n) is 12.2. The number of benzene rings is 1. The second-order valence-electron chi connectivity index (χ2n) is 6.12. The van der Waals surface area contributed by atoms with Gasteiger partial charge in [0.05, 0.1) is 9.82 Å². The normalized spacial score (nSPS) is 31.1. The maximum Gasteiger partial charge on any atom is 0.269 e. The monoisotopic (exact) mass is 325 g/mol. The van der Waals surface area contributed by atoms with Crippen molar-refractivity contribution in [3.63, 3.8) is 0 Å². The van der Waals surface area contributed by atoms with Gasteiger partial charge in [-0.25, -0.2) is 13.1 Å². The second kappa shape index (κ2) is 5.60. The molecule has 2 aliphatic heterocycles. The lowest BCUT2D eigenvalue weighted by molar-refractivity contribution is -0.384. The van der Waals surface area contributed by atoms with Crippen LogP contribution in [0.15, 0.2) is 29.2 Å². The molecule has 2 aliphatic rings. The summed E-state index contributed by atoms with van der Waals surface area (Å²) in [6.07, 6.45) is 2.95. The third-order valence-electron chi connectivity index (χ3n) is 4.75. The first kappa shape index (κ1) is 15.4. The Kier molecular flexibility index (Phi) is 3.92. The van der Waals surface area contributed by atoms with Gasteiger partial charge in [-0.05, 0) is 37.3 Å². The molecule has 2 N–H and O–H groups in total. The van der Waals surface area contributed by atoms with Gasteiger partial charge in [0.25, 0.3) is 5.69 Å². The fourth-order valence-corrected chi connectivity index (χ4v) is 4.76. The first-order valence-corrected chi connectivity index (χ1v) is 8.88. The molecular formula is C14H19N3O4S. The highest BCUT2D eigenvalue weighted by atomic mass is 32.2. The number of non-ortho nitro benzene ring substituents is 1. The van der Waals surface area contributed by atoms with Crippen molar-refractivity contribution in [2.24, 2.45) is 5.92 Å². The molecule has 0 radical (unpaired) electrons. The van der Waals surface area contributed by atoms with Crippen molar-refractivity contribution < 1.29 is 13.3 Å². The summed E-state index contributed by atoms with van der Waals surface area (Å²) in [5.74, 6) is 0.228. The Balaban J connectivity index is 1.77. The van der Waals surface area contributed by atoms with Crippen LogP contribution in [0.25, 0.3) is 0 Å². The van der Waals surface area contributed by atoms with Crippen LogP contribution in [0.3, 0.4) is 0 Å². The first-order chi connectivity index (χ1) is 10.4. The van der Waals surface area contributed by atoms with Crippen molar-refractivity contribution in [1.82, 2.24) is 10.0 Å². The van der Waals surface area contributed by atoms with Crippen LogP contribution in [0.2, 0.25) is 0 Å². The fraction of sp³-hybridized carbons (Fsp3) is 0.571. The van der Waals surface area contributed by atoms with E-state index in [1.54, 1.807) is 0 Å². The molecule has 22 heavy (non-hydrogen) atoms. The summed E-state index contributed by atoms with van der Waals surface area (Å²) in [4.78, 5) is 10.2. The molecule has 120 valence electrons. The van der Waals surface area contributed by atoms with E-state index in [-0.39, 0.29) is 22.5 Å². The SMILES string of the molecule is CC1C2CCC(CC1NS(=O)(=O)c1ccc([N+](=O)[O-])cc1)N2. The number of nitro benzene ring substituents is 1. The van der Waals surface area contributed by atoms with Crippen LogP contribution in [0.4, 0.5) is 5.69 Å². The molecule has 3 rings (SSSR count). The Morgan fingerprint density at radius 2 is 1.95 bits per heavy atom. The predicted molar refractivity (Wildman–Crippen MR) is 80.9 cm³/mol. The van der Waals surface area contributed by atoms with E-state index < -0.39 is 14.9 Å². The van der Waals surface area contributed by atoms with Gasteiger partial charge in [-0.1, -0.05) is 6.92 Å². The average Bonchev–Trinajstić information content (AvgIpc) is 2.88. The van der Waals surface area contributed by atoms with Crippen molar-refractivity contribution in [2.75, 3.05) is 0 Å². The van der Waals surface area contributed by atoms with E-state index in [2.05, 4.69) is 17.0 Å². The number of nitrogens with one attached hydrogen (secondary N) is 2. The summed E-state index contributed by atoms with van der Waals surface area (Å²) < 4.78 is 27.7. The van der Waals surface area contributed by atoms with E-state index in [0.29, 0.717) is 12.1 Å². The highest BCUT2D eigenvalue weighted by Gasteiger charge is 2.40. The highest BCUT2D eigenvalue weighted by Crippen LogP contribution is 2.32. The lowest BCUT2D eigenvalue weighted by atomic mass is 9.89. The van der Waals surface area contributed by atoms with Crippen LogP contribution in [0.1, 0.15) is 26.2 Å². The van der Waals surface area contributed by atoms with Crippen molar-refractivity contribution in [3.05, 3.63) is 34.4 Å². The number of hydrogen-bond donors (Lipinski definition) is 2. The van der Waals surface area contributed by atoms with Crippen LogP contribution in [-0.2, 0) is 10.0 Å². The summed E-state index contributed by atoms with van der Waals surface area (Å²) in [5, 5.41) is 14.1. The van der Waals surface area contributed by atoms with Gasteiger partial charge in [-0.3, -0.25) is 10.1 Å². The molecule has 8 heteroatoms. The van der Waals surface area contributed by atoms with Gasteiger partial charge in [-0.2, -0.15) is 0 Å². The smallest absolute Gasteiger partial charge is 0.269 e. The highest BCUT2D eigenvalue weighted by molar-refractivity contribution is 7.89. The van der Waals surface area contributed by atoms with E-state index in [1.807, 2.05) is 0 Å². The molecule has 2 fully saturated rings. The Morgan fingerprint density at radius 1 is 1.27 bits per heavy atom. The minimum Gasteiger partial charge on any atom is -0.311 e. The number of fused-ring (bicyclic) bond motifs is 2. The molecule has 2 bridgehead atoms. The van der Waals surface area contributed by atoms with Crippen molar-refractivity contribution >= 4 is 15.7 Å². The van der Waals surface area contributed by atoms with E-state index in [0.717, 1.165) is 19.3 Å². The van der Waals surface area contributed by atoms with E-state index in [1.165, 1.54) is 24.3 Å². The average molecular weight is 325 g/mol. The number of nitrogens with zero attached hydrogens (tertiary/aromatic N) is 1. The van der Waals surface area contributed by atoms with E-state index in [4.69, 9.17) is 0 Å². The molecule has 2 saturated heterocycles. The zero-order valence-corrected chi connectivity index (χ0v) is 13.0. The summed E-state index contributed by atoms with van der Waals surface area (Å²) in [5.41, 5.74) is -0.118. The molecule has 7 nitrogen and oxygen atoms in total. The molecule has 0 aromatic heterocycles. The molecule has 0 amide bonds. The van der Waals surface area contributed by atoms with Gasteiger partial charge in [0.1, 0.15) is 0 Å². The minimum atomic E-state index is -3.65. The number of sulfonamides is 1. The van der Waals surface area contributed by atoms with Gasteiger partial charge in [0.15, 0.2) is 0 Å². The van der Waals surface area contributed by atoms with Crippen LogP contribution in [-0.4, -0.2) is 31.5 Å². The van der Waals surface area contributed by atoms with Crippen LogP contribution >= 0.6 is 0 Å². The quantitative estimate of drug-likeness (QED) is 0.643. The fourth-order valence-electron chi connectivity index (χ4n) is 3.42. The summed E-state index contributed by atoms with van der Waals surface area (Å²) in [7, 11) is -3.65. The first-order valence-electron chi connectivity index (χ1n) is 7.39. The summed E-state index contributed by atoms with van der Waals surface area (Å²) >= 11 is 0. The third kappa shape index (κ3) is 2.86. The Hall–Kier alpha value is -1.51. The molecule has 0 aliphatic carbocycles. The largest absolute Gasteiger partial charge is 0.311 e. The van der Waals surface area contributed by atoms with Crippen molar-refractivity contribution in [2.45, 2.75) is 49.2 Å². The lowest BCUT2D eigenvalue weighted by Crippen LogP contribution is -2.53. The molecule has 4 atom stereocenters. The topological polar surface area (TPSA) is 101 Å². The Morgan fingerprint density at radius 3 is 2.59 bits per heavy atom. The Bertz CT molecular complexity index is 674. The molecule has 1 aromatic carbocycles. The standard InChI is InChI=1S/C14H19N3O4S/c1-9-13-7-2-10(15-13)8-14(9)16-22(20,21)12-5-3-11(4-6-12)17(18)19/h3-6,9-10,13-16H,2,7-8H2,1H3. The van der Waals surface area contributed by atoms with E-state index >= 15 is 0 Å². The number of piperidine rings is 1. The van der Waals surface area contributed by atoms with Gasteiger partial charge >= 0.3 is 0 Å². The van der Waals surface area contributed by atoms with E-state index in [9.17, 15) is 18.5 Å². The molecule has 2 heterocycles. The number of nitro groups is 1. The van der Waals surface area contributed by atoms with Crippen molar-refractivity contribution in [1.29, 1.82) is 0 Å². The van der Waals surface area contributed by atoms with Crippen LogP contribution in [0, 0.1) is 16.0 Å². The van der Waals surface area contributed by atoms with Gasteiger partial charge in [0, 0.05) is 30.3 Å². The number of rotatable bonds is 4. The summed E-state index contributed by atoms with van der Waals surface area (Å²) in [6.45, 7) is 2.06. The van der Waals surface area contributed by atoms with Crippen LogP contribution < -0.4 is 10.0 Å². The minimum absolute atomic E-state index is 0.0659. The summed E-state index contributed by atoms with van der Waals surface area (Å²) in [6, 6.07) is 5.63. The van der Waals surface area contributed by atoms with Gasteiger partial charge in [-0.15, -0.1) is 0 Å². The van der Waals surface area contributed by atoms with Crippen molar-refractivity contribution in [3.8, 4) is 0 Å². The second-order valence-corrected chi connectivity index (χ2v) is 7.84. The Labute approximate surface area is 129 Å². The maximum atomic E-state index is 12.5. The zero-order chi connectivity index (χ0) is 15.9. The van der Waals surface area contributed by atoms with Crippen LogP contribution in [0.5, 0.6) is 0 Å². The number of hydrogen-bond acceptors (Lipinski definition) is 5. The third-order valence-corrected chi connectivity index (χ3v) is 6.25. The molecule has 0 spiro atoms. The van der Waals surface area contributed by atoms with Gasteiger partial charge < -0.3 is 5.32 Å². The predicted octanol–water partition coefficient (Wildman–Crippen LogP) is 1.40. The molecule has 1 aromatic rings. The molecule has 4 unspecified atom stereocenters. The maximum absolute atomic E-state index is 12.5. The molecular weight excluding hydrogens is 306 g/mol. The lowest BCUT2D eigenvalue weighted by Gasteiger charge is -2.35.